The zero-order valence-corrected chi connectivity index (χ0v) is 19.3. The SMILES string of the molecule is C=CC[C@]1(C(=O)SCC)O[C@@](C)(OC)[C@](C)(OC)O[C@]1(CC=C)C(=O)SCC. The molecule has 8 heteroatoms. The first-order valence-corrected chi connectivity index (χ1v) is 11.2. The Labute approximate surface area is 176 Å². The van der Waals surface area contributed by atoms with Gasteiger partial charge in [-0.25, -0.2) is 0 Å². The van der Waals surface area contributed by atoms with Crippen LogP contribution in [0.1, 0.15) is 40.5 Å². The molecule has 0 radical (unpaired) electrons. The Balaban J connectivity index is 3.87. The van der Waals surface area contributed by atoms with E-state index >= 15 is 0 Å². The molecule has 1 fully saturated rings. The van der Waals surface area contributed by atoms with Crippen LogP contribution in [0.3, 0.4) is 0 Å². The molecule has 0 amide bonds. The van der Waals surface area contributed by atoms with Crippen molar-refractivity contribution in [3.63, 3.8) is 0 Å². The molecular weight excluding hydrogens is 400 g/mol. The highest BCUT2D eigenvalue weighted by atomic mass is 32.2. The summed E-state index contributed by atoms with van der Waals surface area (Å²) < 4.78 is 24.1. The minimum absolute atomic E-state index is 0.0709. The second-order valence-corrected chi connectivity index (χ2v) is 9.06. The Morgan fingerprint density at radius 3 is 1.39 bits per heavy atom. The van der Waals surface area contributed by atoms with Crippen LogP contribution in [0.25, 0.3) is 0 Å². The Morgan fingerprint density at radius 1 is 0.857 bits per heavy atom. The smallest absolute Gasteiger partial charge is 0.224 e. The lowest BCUT2D eigenvalue weighted by Crippen LogP contribution is -2.78. The first-order chi connectivity index (χ1) is 13.1. The average Bonchev–Trinajstić information content (AvgIpc) is 2.66. The molecule has 1 saturated heterocycles. The Bertz CT molecular complexity index is 560. The fourth-order valence-electron chi connectivity index (χ4n) is 3.36. The molecule has 160 valence electrons. The summed E-state index contributed by atoms with van der Waals surface area (Å²) in [6, 6.07) is 0. The molecule has 0 bridgehead atoms. The van der Waals surface area contributed by atoms with Crippen molar-refractivity contribution >= 4 is 33.8 Å². The third-order valence-electron chi connectivity index (χ3n) is 5.07. The number of methoxy groups -OCH3 is 2. The molecular formula is C20H32O6S2. The molecule has 0 aromatic heterocycles. The van der Waals surface area contributed by atoms with Gasteiger partial charge in [0.1, 0.15) is 0 Å². The molecule has 0 unspecified atom stereocenters. The number of carbonyl (C=O) groups excluding carboxylic acids is 2. The molecule has 28 heavy (non-hydrogen) atoms. The van der Waals surface area contributed by atoms with E-state index in [2.05, 4.69) is 13.2 Å². The maximum Gasteiger partial charge on any atom is 0.224 e. The fourth-order valence-corrected chi connectivity index (χ4v) is 4.93. The molecule has 0 saturated carbocycles. The predicted molar refractivity (Wildman–Crippen MR) is 114 cm³/mol. The molecule has 0 N–H and O–H groups in total. The maximum atomic E-state index is 13.4. The molecule has 0 spiro atoms. The zero-order valence-electron chi connectivity index (χ0n) is 17.7. The second-order valence-electron chi connectivity index (χ2n) is 6.58. The quantitative estimate of drug-likeness (QED) is 0.481. The van der Waals surface area contributed by atoms with Crippen LogP contribution in [0.15, 0.2) is 25.3 Å². The fraction of sp³-hybridized carbons (Fsp3) is 0.700. The summed E-state index contributed by atoms with van der Waals surface area (Å²) in [5.74, 6) is -1.86. The van der Waals surface area contributed by atoms with Crippen molar-refractivity contribution in [3.8, 4) is 0 Å². The highest BCUT2D eigenvalue weighted by molar-refractivity contribution is 8.14. The van der Waals surface area contributed by atoms with Gasteiger partial charge in [-0.05, 0) is 25.4 Å². The molecule has 6 nitrogen and oxygen atoms in total. The lowest BCUT2D eigenvalue weighted by atomic mass is 9.76. The monoisotopic (exact) mass is 432 g/mol. The van der Waals surface area contributed by atoms with Gasteiger partial charge in [-0.1, -0.05) is 49.5 Å². The summed E-state index contributed by atoms with van der Waals surface area (Å²) in [6.07, 6.45) is 3.26. The van der Waals surface area contributed by atoms with E-state index < -0.39 is 22.8 Å². The lowest BCUT2D eigenvalue weighted by molar-refractivity contribution is -0.473. The van der Waals surface area contributed by atoms with Gasteiger partial charge >= 0.3 is 0 Å². The summed E-state index contributed by atoms with van der Waals surface area (Å²) in [6.45, 7) is 14.6. The number of thioether (sulfide) groups is 2. The van der Waals surface area contributed by atoms with Gasteiger partial charge in [0, 0.05) is 27.1 Å². The van der Waals surface area contributed by atoms with Crippen molar-refractivity contribution in [2.24, 2.45) is 0 Å². The summed E-state index contributed by atoms with van der Waals surface area (Å²) in [5, 5.41) is -0.633. The topological polar surface area (TPSA) is 71.1 Å². The molecule has 4 atom stereocenters. The van der Waals surface area contributed by atoms with Crippen LogP contribution in [-0.2, 0) is 28.5 Å². The molecule has 1 rings (SSSR count). The van der Waals surface area contributed by atoms with E-state index in [9.17, 15) is 9.59 Å². The second kappa shape index (κ2) is 9.91. The van der Waals surface area contributed by atoms with Crippen molar-refractivity contribution < 1.29 is 28.5 Å². The van der Waals surface area contributed by atoms with E-state index in [-0.39, 0.29) is 23.1 Å². The summed E-state index contributed by atoms with van der Waals surface area (Å²) in [5.41, 5.74) is -3.29. The van der Waals surface area contributed by atoms with Gasteiger partial charge in [0.05, 0.1) is 0 Å². The predicted octanol–water partition coefficient (Wildman–Crippen LogP) is 3.95. The van der Waals surface area contributed by atoms with E-state index in [0.29, 0.717) is 11.5 Å². The van der Waals surface area contributed by atoms with Gasteiger partial charge in [0.25, 0.3) is 0 Å². The Morgan fingerprint density at radius 2 is 1.18 bits per heavy atom. The number of ether oxygens (including phenoxy) is 4. The minimum Gasteiger partial charge on any atom is -0.349 e. The van der Waals surface area contributed by atoms with Gasteiger partial charge < -0.3 is 18.9 Å². The zero-order chi connectivity index (χ0) is 21.6. The van der Waals surface area contributed by atoms with Crippen molar-refractivity contribution in [2.75, 3.05) is 25.7 Å². The van der Waals surface area contributed by atoms with E-state index in [0.717, 1.165) is 23.5 Å². The number of hydrogen-bond acceptors (Lipinski definition) is 8. The van der Waals surface area contributed by atoms with Crippen LogP contribution in [0, 0.1) is 0 Å². The van der Waals surface area contributed by atoms with Crippen molar-refractivity contribution in [3.05, 3.63) is 25.3 Å². The third-order valence-corrected chi connectivity index (χ3v) is 6.83. The van der Waals surface area contributed by atoms with E-state index in [1.54, 1.807) is 26.0 Å². The molecule has 1 aliphatic heterocycles. The third kappa shape index (κ3) is 4.00. The highest BCUT2D eigenvalue weighted by Gasteiger charge is 2.73. The van der Waals surface area contributed by atoms with Crippen LogP contribution in [0.5, 0.6) is 0 Å². The lowest BCUT2D eigenvalue weighted by Gasteiger charge is -2.60. The van der Waals surface area contributed by atoms with Crippen LogP contribution >= 0.6 is 23.5 Å². The van der Waals surface area contributed by atoms with Crippen LogP contribution in [-0.4, -0.2) is 58.7 Å². The summed E-state index contributed by atoms with van der Waals surface area (Å²) in [4.78, 5) is 26.9. The number of hydrogen-bond donors (Lipinski definition) is 0. The van der Waals surface area contributed by atoms with Crippen LogP contribution < -0.4 is 0 Å². The van der Waals surface area contributed by atoms with E-state index in [4.69, 9.17) is 18.9 Å². The van der Waals surface area contributed by atoms with Crippen molar-refractivity contribution in [1.82, 2.24) is 0 Å². The molecule has 0 aliphatic carbocycles. The Hall–Kier alpha value is -0.640. The largest absolute Gasteiger partial charge is 0.349 e. The standard InChI is InChI=1S/C20H32O6S2/c1-9-13-19(15(21)27-11-3)20(14-10-2,16(22)28-12-4)26-18(6,24-8)17(5,23-7)25-19/h9-10H,1-2,11-14H2,3-8H3/t17-,18-,19-,20-/m1/s1. The molecule has 0 aromatic rings. The van der Waals surface area contributed by atoms with Gasteiger partial charge in [-0.2, -0.15) is 0 Å². The van der Waals surface area contributed by atoms with Crippen LogP contribution in [0.4, 0.5) is 0 Å². The van der Waals surface area contributed by atoms with Gasteiger partial charge in [-0.3, -0.25) is 9.59 Å². The molecule has 1 aliphatic rings. The molecule has 1 heterocycles. The minimum atomic E-state index is -1.65. The normalized spacial score (nSPS) is 35.4. The number of carbonyl (C=O) groups is 2. The van der Waals surface area contributed by atoms with Crippen LogP contribution in [0.2, 0.25) is 0 Å². The highest BCUT2D eigenvalue weighted by Crippen LogP contribution is 2.54. The average molecular weight is 433 g/mol. The summed E-state index contributed by atoms with van der Waals surface area (Å²) in [7, 11) is 2.89. The van der Waals surface area contributed by atoms with E-state index in [1.807, 2.05) is 13.8 Å². The Kier molecular flexibility index (Phi) is 8.99. The first-order valence-electron chi connectivity index (χ1n) is 9.19. The molecule has 0 aromatic carbocycles. The first kappa shape index (κ1) is 25.4. The summed E-state index contributed by atoms with van der Waals surface area (Å²) >= 11 is 2.15. The number of rotatable bonds is 10. The van der Waals surface area contributed by atoms with Crippen molar-refractivity contribution in [2.45, 2.75) is 63.3 Å². The van der Waals surface area contributed by atoms with Gasteiger partial charge in [0.2, 0.25) is 21.8 Å². The van der Waals surface area contributed by atoms with Gasteiger partial charge in [-0.15, -0.1) is 13.2 Å². The maximum absolute atomic E-state index is 13.4. The van der Waals surface area contributed by atoms with Gasteiger partial charge in [0.15, 0.2) is 11.2 Å². The van der Waals surface area contributed by atoms with Crippen molar-refractivity contribution in [1.29, 1.82) is 0 Å². The van der Waals surface area contributed by atoms with E-state index in [1.165, 1.54) is 14.2 Å².